The Hall–Kier alpha value is -2.13. The number of hydrogen-bond donors (Lipinski definition) is 0. The van der Waals surface area contributed by atoms with E-state index in [0.29, 0.717) is 5.56 Å². The van der Waals surface area contributed by atoms with Crippen molar-refractivity contribution in [2.24, 2.45) is 0 Å². The van der Waals surface area contributed by atoms with Crippen molar-refractivity contribution >= 4 is 5.97 Å². The van der Waals surface area contributed by atoms with E-state index in [-0.39, 0.29) is 5.97 Å². The molecule has 2 rings (SSSR count). The summed E-state index contributed by atoms with van der Waals surface area (Å²) in [4.78, 5) is 16.8. The van der Waals surface area contributed by atoms with E-state index < -0.39 is 0 Å². The van der Waals surface area contributed by atoms with Crippen LogP contribution in [-0.4, -0.2) is 25.1 Å². The second kappa shape index (κ2) is 5.47. The minimum Gasteiger partial charge on any atom is -0.364 e. The van der Waals surface area contributed by atoms with Gasteiger partial charge < -0.3 is 4.84 Å². The lowest BCUT2D eigenvalue weighted by Crippen LogP contribution is -2.18. The largest absolute Gasteiger partial charge is 0.364 e. The fourth-order valence-electron chi connectivity index (χ4n) is 1.67. The maximum Gasteiger partial charge on any atom is 0.357 e. The molecule has 0 aliphatic heterocycles. The van der Waals surface area contributed by atoms with Gasteiger partial charge in [-0.3, -0.25) is 0 Å². The molecule has 0 aliphatic rings. The molecule has 0 N–H and O–H groups in total. The summed E-state index contributed by atoms with van der Waals surface area (Å²) in [5.41, 5.74) is 2.63. The van der Waals surface area contributed by atoms with Gasteiger partial charge in [0.05, 0.1) is 5.56 Å². The molecule has 2 aromatic carbocycles. The molecule has 18 heavy (non-hydrogen) atoms. The Morgan fingerprint density at radius 3 is 2.28 bits per heavy atom. The lowest BCUT2D eigenvalue weighted by Gasteiger charge is -2.10. The van der Waals surface area contributed by atoms with E-state index in [0.717, 1.165) is 11.1 Å². The smallest absolute Gasteiger partial charge is 0.357 e. The minimum absolute atomic E-state index is 0.349. The van der Waals surface area contributed by atoms with Crippen LogP contribution < -0.4 is 0 Å². The van der Waals surface area contributed by atoms with E-state index in [1.165, 1.54) is 5.06 Å². The zero-order valence-electron chi connectivity index (χ0n) is 10.5. The highest BCUT2D eigenvalue weighted by Crippen LogP contribution is 2.20. The van der Waals surface area contributed by atoms with Crippen molar-refractivity contribution in [2.45, 2.75) is 0 Å². The Balaban J connectivity index is 2.28. The number of benzene rings is 2. The number of hydrogen-bond acceptors (Lipinski definition) is 3. The highest BCUT2D eigenvalue weighted by molar-refractivity contribution is 5.90. The quantitative estimate of drug-likeness (QED) is 0.774. The summed E-state index contributed by atoms with van der Waals surface area (Å²) in [7, 11) is 3.36. The summed E-state index contributed by atoms with van der Waals surface area (Å²) < 4.78 is 0. The molecule has 92 valence electrons. The monoisotopic (exact) mass is 241 g/mol. The van der Waals surface area contributed by atoms with Crippen LogP contribution in [0, 0.1) is 0 Å². The fourth-order valence-corrected chi connectivity index (χ4v) is 1.67. The van der Waals surface area contributed by atoms with Gasteiger partial charge >= 0.3 is 5.97 Å². The summed E-state index contributed by atoms with van der Waals surface area (Å²) in [5, 5.41) is 1.39. The van der Waals surface area contributed by atoms with Gasteiger partial charge in [-0.15, -0.1) is 5.06 Å². The second-order valence-corrected chi connectivity index (χ2v) is 4.14. The Morgan fingerprint density at radius 2 is 1.61 bits per heavy atom. The SMILES string of the molecule is CN(C)OC(=O)c1cccc(-c2ccccc2)c1. The van der Waals surface area contributed by atoms with Gasteiger partial charge in [-0.25, -0.2) is 4.79 Å². The van der Waals surface area contributed by atoms with E-state index in [4.69, 9.17) is 4.84 Å². The highest BCUT2D eigenvalue weighted by Gasteiger charge is 2.09. The third-order valence-corrected chi connectivity index (χ3v) is 2.47. The van der Waals surface area contributed by atoms with Crippen molar-refractivity contribution in [3.63, 3.8) is 0 Å². The lowest BCUT2D eigenvalue weighted by atomic mass is 10.0. The molecule has 2 aromatic rings. The summed E-state index contributed by atoms with van der Waals surface area (Å²) in [6, 6.07) is 17.3. The van der Waals surface area contributed by atoms with Crippen LogP contribution in [0.2, 0.25) is 0 Å². The van der Waals surface area contributed by atoms with Gasteiger partial charge in [-0.1, -0.05) is 42.5 Å². The third kappa shape index (κ3) is 2.96. The van der Waals surface area contributed by atoms with E-state index in [1.807, 2.05) is 48.5 Å². The van der Waals surface area contributed by atoms with Crippen molar-refractivity contribution in [1.82, 2.24) is 5.06 Å². The summed E-state index contributed by atoms with van der Waals surface area (Å²) >= 11 is 0. The maximum absolute atomic E-state index is 11.8. The first-order valence-electron chi connectivity index (χ1n) is 5.72. The lowest BCUT2D eigenvalue weighted by molar-refractivity contribution is -0.0713. The Morgan fingerprint density at radius 1 is 0.944 bits per heavy atom. The molecule has 0 amide bonds. The molecule has 0 heterocycles. The van der Waals surface area contributed by atoms with Crippen LogP contribution in [0.4, 0.5) is 0 Å². The van der Waals surface area contributed by atoms with Gasteiger partial charge in [-0.2, -0.15) is 0 Å². The molecule has 0 aliphatic carbocycles. The van der Waals surface area contributed by atoms with Crippen LogP contribution in [0.3, 0.4) is 0 Å². The molecule has 3 nitrogen and oxygen atoms in total. The number of carbonyl (C=O) groups is 1. The number of nitrogens with zero attached hydrogens (tertiary/aromatic N) is 1. The van der Waals surface area contributed by atoms with Crippen LogP contribution >= 0.6 is 0 Å². The van der Waals surface area contributed by atoms with Crippen molar-refractivity contribution < 1.29 is 9.63 Å². The molecule has 0 unspecified atom stereocenters. The normalized spacial score (nSPS) is 10.4. The van der Waals surface area contributed by atoms with Gasteiger partial charge in [0.1, 0.15) is 0 Å². The van der Waals surface area contributed by atoms with E-state index >= 15 is 0 Å². The van der Waals surface area contributed by atoms with Crippen LogP contribution in [0.15, 0.2) is 54.6 Å². The second-order valence-electron chi connectivity index (χ2n) is 4.14. The van der Waals surface area contributed by atoms with Gasteiger partial charge in [-0.05, 0) is 23.3 Å². The third-order valence-electron chi connectivity index (χ3n) is 2.47. The molecule has 0 aromatic heterocycles. The van der Waals surface area contributed by atoms with Gasteiger partial charge in [0.2, 0.25) is 0 Å². The predicted molar refractivity (Wildman–Crippen MR) is 71.0 cm³/mol. The van der Waals surface area contributed by atoms with Crippen molar-refractivity contribution in [1.29, 1.82) is 0 Å². The highest BCUT2D eigenvalue weighted by atomic mass is 16.7. The summed E-state index contributed by atoms with van der Waals surface area (Å²) in [5.74, 6) is -0.349. The first-order valence-corrected chi connectivity index (χ1v) is 5.72. The molecular formula is C15H15NO2. The van der Waals surface area contributed by atoms with Crippen LogP contribution in [0.25, 0.3) is 11.1 Å². The van der Waals surface area contributed by atoms with Crippen molar-refractivity contribution in [2.75, 3.05) is 14.1 Å². The average Bonchev–Trinajstić information content (AvgIpc) is 2.39. The van der Waals surface area contributed by atoms with E-state index in [1.54, 1.807) is 20.2 Å². The Kier molecular flexibility index (Phi) is 3.75. The zero-order valence-corrected chi connectivity index (χ0v) is 10.5. The van der Waals surface area contributed by atoms with Crippen molar-refractivity contribution in [3.8, 4) is 11.1 Å². The topological polar surface area (TPSA) is 29.5 Å². The van der Waals surface area contributed by atoms with Gasteiger partial charge in [0.15, 0.2) is 0 Å². The molecule has 0 saturated carbocycles. The molecule has 0 atom stereocenters. The van der Waals surface area contributed by atoms with Crippen molar-refractivity contribution in [3.05, 3.63) is 60.2 Å². The fraction of sp³-hybridized carbons (Fsp3) is 0.133. The summed E-state index contributed by atoms with van der Waals surface area (Å²) in [6.07, 6.45) is 0. The molecule has 0 saturated heterocycles. The standard InChI is InChI=1S/C15H15NO2/c1-16(2)18-15(17)14-10-6-9-13(11-14)12-7-4-3-5-8-12/h3-11H,1-2H3. The zero-order chi connectivity index (χ0) is 13.0. The van der Waals surface area contributed by atoms with E-state index in [9.17, 15) is 4.79 Å². The molecule has 3 heteroatoms. The van der Waals surface area contributed by atoms with Gasteiger partial charge in [0, 0.05) is 14.1 Å². The number of carbonyl (C=O) groups excluding carboxylic acids is 1. The molecule has 0 bridgehead atoms. The van der Waals surface area contributed by atoms with Crippen LogP contribution in [0.5, 0.6) is 0 Å². The number of rotatable bonds is 3. The average molecular weight is 241 g/mol. The molecule has 0 radical (unpaired) electrons. The minimum atomic E-state index is -0.349. The molecule has 0 fully saturated rings. The van der Waals surface area contributed by atoms with E-state index in [2.05, 4.69) is 0 Å². The Bertz CT molecular complexity index is 535. The predicted octanol–water partition coefficient (Wildman–Crippen LogP) is 2.99. The van der Waals surface area contributed by atoms with Gasteiger partial charge in [0.25, 0.3) is 0 Å². The van der Waals surface area contributed by atoms with Crippen LogP contribution in [0.1, 0.15) is 10.4 Å². The molecular weight excluding hydrogens is 226 g/mol. The number of hydroxylamine groups is 2. The Labute approximate surface area is 107 Å². The molecule has 0 spiro atoms. The maximum atomic E-state index is 11.8. The van der Waals surface area contributed by atoms with Crippen LogP contribution in [-0.2, 0) is 4.84 Å². The first kappa shape index (κ1) is 12.3. The summed E-state index contributed by atoms with van der Waals surface area (Å²) in [6.45, 7) is 0. The first-order chi connectivity index (χ1) is 8.66.